The Kier molecular flexibility index (Phi) is 5.28. The average molecular weight is 247 g/mol. The van der Waals surface area contributed by atoms with Gasteiger partial charge in [-0.05, 0) is 25.0 Å². The lowest BCUT2D eigenvalue weighted by Gasteiger charge is -2.14. The van der Waals surface area contributed by atoms with E-state index in [1.54, 1.807) is 12.1 Å². The van der Waals surface area contributed by atoms with Crippen molar-refractivity contribution in [2.75, 3.05) is 6.61 Å². The molecule has 1 atom stereocenters. The maximum absolute atomic E-state index is 12.0. The number of hydrogen-bond acceptors (Lipinski definition) is 2. The number of halogens is 3. The van der Waals surface area contributed by atoms with Gasteiger partial charge >= 0.3 is 6.18 Å². The Balaban J connectivity index is 2.12. The fourth-order valence-corrected chi connectivity index (χ4v) is 1.45. The van der Waals surface area contributed by atoms with Gasteiger partial charge in [-0.15, -0.1) is 0 Å². The Hall–Kier alpha value is -1.23. The van der Waals surface area contributed by atoms with Crippen molar-refractivity contribution in [2.45, 2.75) is 31.5 Å². The summed E-state index contributed by atoms with van der Waals surface area (Å²) in [6.07, 6.45) is -4.28. The summed E-state index contributed by atoms with van der Waals surface area (Å²) >= 11 is 0. The zero-order chi connectivity index (χ0) is 12.7. The van der Waals surface area contributed by atoms with Crippen molar-refractivity contribution in [3.05, 3.63) is 30.3 Å². The first-order chi connectivity index (χ1) is 7.97. The average Bonchev–Trinajstić information content (AvgIpc) is 2.23. The smallest absolute Gasteiger partial charge is 0.390 e. The summed E-state index contributed by atoms with van der Waals surface area (Å²) in [5.74, 6) is 0.719. The van der Waals surface area contributed by atoms with Gasteiger partial charge in [0, 0.05) is 6.04 Å². The molecule has 0 aliphatic heterocycles. The molecule has 0 fully saturated rings. The highest BCUT2D eigenvalue weighted by Crippen LogP contribution is 2.22. The summed E-state index contributed by atoms with van der Waals surface area (Å²) in [6.45, 7) is 0.384. The second-order valence-electron chi connectivity index (χ2n) is 3.88. The molecule has 1 aromatic rings. The number of nitrogens with two attached hydrogens (primary N) is 1. The van der Waals surface area contributed by atoms with E-state index in [4.69, 9.17) is 10.5 Å². The van der Waals surface area contributed by atoms with Crippen molar-refractivity contribution in [1.29, 1.82) is 0 Å². The van der Waals surface area contributed by atoms with Crippen LogP contribution >= 0.6 is 0 Å². The van der Waals surface area contributed by atoms with Gasteiger partial charge in [-0.1, -0.05) is 18.2 Å². The number of para-hydroxylation sites is 1. The van der Waals surface area contributed by atoms with E-state index in [9.17, 15) is 13.2 Å². The molecule has 17 heavy (non-hydrogen) atoms. The molecular formula is C12H16F3NO. The number of ether oxygens (including phenoxy) is 1. The maximum Gasteiger partial charge on any atom is 0.390 e. The minimum absolute atomic E-state index is 0.312. The first kappa shape index (κ1) is 13.8. The Bertz CT molecular complexity index is 313. The standard InChI is InChI=1S/C12H16F3NO/c13-12(14,15)9-10(16)5-4-8-17-11-6-2-1-3-7-11/h1-3,6-7,10H,4-5,8-9,16H2. The molecular weight excluding hydrogens is 231 g/mol. The lowest BCUT2D eigenvalue weighted by Crippen LogP contribution is -2.27. The zero-order valence-corrected chi connectivity index (χ0v) is 9.41. The summed E-state index contributed by atoms with van der Waals surface area (Å²) in [5, 5.41) is 0. The molecule has 0 aliphatic carbocycles. The fourth-order valence-electron chi connectivity index (χ4n) is 1.45. The molecule has 1 unspecified atom stereocenters. The molecule has 2 nitrogen and oxygen atoms in total. The number of benzene rings is 1. The highest BCUT2D eigenvalue weighted by atomic mass is 19.4. The van der Waals surface area contributed by atoms with E-state index in [0.717, 1.165) is 5.75 Å². The Morgan fingerprint density at radius 3 is 2.41 bits per heavy atom. The monoisotopic (exact) mass is 247 g/mol. The largest absolute Gasteiger partial charge is 0.494 e. The van der Waals surface area contributed by atoms with Crippen LogP contribution in [-0.4, -0.2) is 18.8 Å². The van der Waals surface area contributed by atoms with E-state index < -0.39 is 18.6 Å². The SMILES string of the molecule is NC(CCCOc1ccccc1)CC(F)(F)F. The van der Waals surface area contributed by atoms with Crippen LogP contribution in [0.4, 0.5) is 13.2 Å². The molecule has 5 heteroatoms. The zero-order valence-electron chi connectivity index (χ0n) is 9.41. The van der Waals surface area contributed by atoms with Gasteiger partial charge in [0.15, 0.2) is 0 Å². The van der Waals surface area contributed by atoms with E-state index >= 15 is 0 Å². The van der Waals surface area contributed by atoms with Gasteiger partial charge in [-0.25, -0.2) is 0 Å². The topological polar surface area (TPSA) is 35.2 Å². The van der Waals surface area contributed by atoms with Crippen molar-refractivity contribution in [3.8, 4) is 5.75 Å². The molecule has 0 saturated heterocycles. The van der Waals surface area contributed by atoms with E-state index in [-0.39, 0.29) is 0 Å². The molecule has 0 heterocycles. The molecule has 0 spiro atoms. The van der Waals surface area contributed by atoms with Crippen LogP contribution < -0.4 is 10.5 Å². The predicted molar refractivity (Wildman–Crippen MR) is 59.8 cm³/mol. The normalized spacial score (nSPS) is 13.4. The second-order valence-corrected chi connectivity index (χ2v) is 3.88. The van der Waals surface area contributed by atoms with Crippen LogP contribution in [0.5, 0.6) is 5.75 Å². The van der Waals surface area contributed by atoms with E-state index in [2.05, 4.69) is 0 Å². The van der Waals surface area contributed by atoms with Crippen LogP contribution in [0.3, 0.4) is 0 Å². The van der Waals surface area contributed by atoms with Crippen LogP contribution in [0.1, 0.15) is 19.3 Å². The molecule has 0 aromatic heterocycles. The molecule has 1 aromatic carbocycles. The van der Waals surface area contributed by atoms with Gasteiger partial charge in [0.05, 0.1) is 13.0 Å². The van der Waals surface area contributed by atoms with Crippen LogP contribution in [0.2, 0.25) is 0 Å². The first-order valence-electron chi connectivity index (χ1n) is 5.47. The highest BCUT2D eigenvalue weighted by Gasteiger charge is 2.29. The summed E-state index contributed by atoms with van der Waals surface area (Å²) in [5.41, 5.74) is 5.36. The maximum atomic E-state index is 12.0. The third-order valence-electron chi connectivity index (χ3n) is 2.22. The van der Waals surface area contributed by atoms with Gasteiger partial charge < -0.3 is 10.5 Å². The summed E-state index contributed by atoms with van der Waals surface area (Å²) in [7, 11) is 0. The van der Waals surface area contributed by atoms with Gasteiger partial charge in [0.25, 0.3) is 0 Å². The Morgan fingerprint density at radius 1 is 1.18 bits per heavy atom. The van der Waals surface area contributed by atoms with Crippen LogP contribution in [-0.2, 0) is 0 Å². The fraction of sp³-hybridized carbons (Fsp3) is 0.500. The third-order valence-corrected chi connectivity index (χ3v) is 2.22. The Labute approximate surface area is 98.6 Å². The molecule has 1 rings (SSSR count). The highest BCUT2D eigenvalue weighted by molar-refractivity contribution is 5.20. The Morgan fingerprint density at radius 2 is 1.82 bits per heavy atom. The van der Waals surface area contributed by atoms with E-state index in [0.29, 0.717) is 19.4 Å². The quantitative estimate of drug-likeness (QED) is 0.784. The minimum atomic E-state index is -4.18. The van der Waals surface area contributed by atoms with Crippen molar-refractivity contribution in [3.63, 3.8) is 0 Å². The summed E-state index contributed by atoms with van der Waals surface area (Å²) in [6, 6.07) is 8.31. The molecule has 0 saturated carbocycles. The lowest BCUT2D eigenvalue weighted by atomic mass is 10.1. The second kappa shape index (κ2) is 6.49. The van der Waals surface area contributed by atoms with Crippen LogP contribution in [0, 0.1) is 0 Å². The van der Waals surface area contributed by atoms with E-state index in [1.807, 2.05) is 18.2 Å². The molecule has 0 bridgehead atoms. The van der Waals surface area contributed by atoms with E-state index in [1.165, 1.54) is 0 Å². The van der Waals surface area contributed by atoms with Crippen molar-refractivity contribution in [1.82, 2.24) is 0 Å². The van der Waals surface area contributed by atoms with Crippen molar-refractivity contribution in [2.24, 2.45) is 5.73 Å². The molecule has 96 valence electrons. The summed E-state index contributed by atoms with van der Waals surface area (Å²) < 4.78 is 41.3. The number of hydrogen-bond donors (Lipinski definition) is 1. The molecule has 0 amide bonds. The summed E-state index contributed by atoms with van der Waals surface area (Å²) in [4.78, 5) is 0. The number of alkyl halides is 3. The van der Waals surface area contributed by atoms with Crippen LogP contribution in [0.25, 0.3) is 0 Å². The van der Waals surface area contributed by atoms with Gasteiger partial charge in [0.1, 0.15) is 5.75 Å². The third kappa shape index (κ3) is 6.84. The minimum Gasteiger partial charge on any atom is -0.494 e. The number of rotatable bonds is 6. The molecule has 0 radical (unpaired) electrons. The van der Waals surface area contributed by atoms with Crippen LogP contribution in [0.15, 0.2) is 30.3 Å². The molecule has 2 N–H and O–H groups in total. The van der Waals surface area contributed by atoms with Crippen molar-refractivity contribution >= 4 is 0 Å². The lowest BCUT2D eigenvalue weighted by molar-refractivity contribution is -0.138. The van der Waals surface area contributed by atoms with Gasteiger partial charge in [0.2, 0.25) is 0 Å². The van der Waals surface area contributed by atoms with Crippen molar-refractivity contribution < 1.29 is 17.9 Å². The first-order valence-corrected chi connectivity index (χ1v) is 5.47. The molecule has 0 aliphatic rings. The predicted octanol–water partition coefficient (Wildman–Crippen LogP) is 3.13. The van der Waals surface area contributed by atoms with Gasteiger partial charge in [-0.2, -0.15) is 13.2 Å². The van der Waals surface area contributed by atoms with Gasteiger partial charge in [-0.3, -0.25) is 0 Å².